The number of nitrogens with zero attached hydrogens (tertiary/aromatic N) is 5. The van der Waals surface area contributed by atoms with Gasteiger partial charge in [-0.3, -0.25) is 0 Å². The first-order chi connectivity index (χ1) is 10.3. The number of piperidine rings is 1. The van der Waals surface area contributed by atoms with E-state index in [0.717, 1.165) is 23.1 Å². The van der Waals surface area contributed by atoms with Gasteiger partial charge in [0.2, 0.25) is 0 Å². The maximum Gasteiger partial charge on any atom is 0.177 e. The first-order valence-corrected chi connectivity index (χ1v) is 8.21. The van der Waals surface area contributed by atoms with Crippen molar-refractivity contribution in [3.8, 4) is 0 Å². The van der Waals surface area contributed by atoms with Crippen molar-refractivity contribution in [1.29, 1.82) is 0 Å². The molecular weight excluding hydrogens is 262 g/mol. The second-order valence-electron chi connectivity index (χ2n) is 6.67. The molecule has 1 aliphatic heterocycles. The molecule has 0 aromatic carbocycles. The number of rotatable bonds is 3. The summed E-state index contributed by atoms with van der Waals surface area (Å²) in [6.07, 6.45) is 6.69. The Labute approximate surface area is 125 Å². The third-order valence-electron chi connectivity index (χ3n) is 5.11. The molecule has 0 spiro atoms. The van der Waals surface area contributed by atoms with Crippen LogP contribution >= 0.6 is 0 Å². The summed E-state index contributed by atoms with van der Waals surface area (Å²) in [6.45, 7) is 5.72. The highest BCUT2D eigenvalue weighted by atomic mass is 15.4. The van der Waals surface area contributed by atoms with Gasteiger partial charge in [0.05, 0.1) is 5.69 Å². The van der Waals surface area contributed by atoms with E-state index in [1.54, 1.807) is 0 Å². The van der Waals surface area contributed by atoms with Crippen LogP contribution in [0.4, 0.5) is 0 Å². The minimum atomic E-state index is 0.506. The Kier molecular flexibility index (Phi) is 3.37. The second-order valence-corrected chi connectivity index (χ2v) is 6.67. The van der Waals surface area contributed by atoms with E-state index in [1.165, 1.54) is 51.7 Å². The molecule has 0 radical (unpaired) electrons. The summed E-state index contributed by atoms with van der Waals surface area (Å²) in [4.78, 5) is 2.64. The zero-order valence-electron chi connectivity index (χ0n) is 12.7. The number of hydrogen-bond acceptors (Lipinski definition) is 4. The number of fused-ring (bicyclic) bond motifs is 1. The van der Waals surface area contributed by atoms with Crippen LogP contribution < -0.4 is 0 Å². The summed E-state index contributed by atoms with van der Waals surface area (Å²) in [5.74, 6) is 2.53. The molecule has 0 bridgehead atoms. The molecule has 2 aromatic heterocycles. The second kappa shape index (κ2) is 5.37. The van der Waals surface area contributed by atoms with E-state index in [9.17, 15) is 0 Å². The highest BCUT2D eigenvalue weighted by Crippen LogP contribution is 2.31. The monoisotopic (exact) mass is 285 g/mol. The van der Waals surface area contributed by atoms with E-state index in [0.29, 0.717) is 5.92 Å². The Morgan fingerprint density at radius 3 is 2.62 bits per heavy atom. The summed E-state index contributed by atoms with van der Waals surface area (Å²) in [5, 5.41) is 13.2. The number of likely N-dealkylation sites (tertiary alicyclic amines) is 1. The molecule has 0 atom stereocenters. The molecule has 0 amide bonds. The van der Waals surface area contributed by atoms with E-state index >= 15 is 0 Å². The van der Waals surface area contributed by atoms with Crippen LogP contribution in [0.3, 0.4) is 0 Å². The van der Waals surface area contributed by atoms with Gasteiger partial charge in [-0.1, -0.05) is 6.42 Å². The van der Waals surface area contributed by atoms with Crippen LogP contribution in [0.1, 0.15) is 49.5 Å². The van der Waals surface area contributed by atoms with Gasteiger partial charge in [-0.15, -0.1) is 10.2 Å². The fourth-order valence-corrected chi connectivity index (χ4v) is 3.57. The molecule has 112 valence electrons. The van der Waals surface area contributed by atoms with Gasteiger partial charge in [0, 0.05) is 12.5 Å². The predicted octanol–water partition coefficient (Wildman–Crippen LogP) is 2.41. The molecule has 2 aliphatic rings. The third kappa shape index (κ3) is 2.55. The summed E-state index contributed by atoms with van der Waals surface area (Å²) < 4.78 is 1.95. The summed E-state index contributed by atoms with van der Waals surface area (Å²) in [7, 11) is 0. The smallest absolute Gasteiger partial charge is 0.177 e. The van der Waals surface area contributed by atoms with Gasteiger partial charge in [0.1, 0.15) is 0 Å². The SMILES string of the molecule is Cc1ccc2nnc(C3CCN(CC4CCC4)CC3)n2n1. The minimum Gasteiger partial charge on any atom is -0.303 e. The van der Waals surface area contributed by atoms with E-state index in [-0.39, 0.29) is 0 Å². The van der Waals surface area contributed by atoms with Crippen LogP contribution in [0.25, 0.3) is 5.65 Å². The van der Waals surface area contributed by atoms with Crippen molar-refractivity contribution in [3.63, 3.8) is 0 Å². The Morgan fingerprint density at radius 2 is 1.90 bits per heavy atom. The molecule has 1 saturated carbocycles. The zero-order chi connectivity index (χ0) is 14.2. The van der Waals surface area contributed by atoms with Crippen LogP contribution in [0.15, 0.2) is 12.1 Å². The van der Waals surface area contributed by atoms with Crippen LogP contribution in [-0.4, -0.2) is 44.3 Å². The van der Waals surface area contributed by atoms with Crippen molar-refractivity contribution in [2.45, 2.75) is 44.9 Å². The van der Waals surface area contributed by atoms with Crippen molar-refractivity contribution in [3.05, 3.63) is 23.7 Å². The number of aromatic nitrogens is 4. The normalized spacial score (nSPS) is 21.8. The van der Waals surface area contributed by atoms with Gasteiger partial charge in [0.15, 0.2) is 11.5 Å². The summed E-state index contributed by atoms with van der Waals surface area (Å²) in [5.41, 5.74) is 1.89. The lowest BCUT2D eigenvalue weighted by Crippen LogP contribution is -2.38. The predicted molar refractivity (Wildman–Crippen MR) is 81.3 cm³/mol. The van der Waals surface area contributed by atoms with Gasteiger partial charge >= 0.3 is 0 Å². The van der Waals surface area contributed by atoms with Crippen LogP contribution in [0.2, 0.25) is 0 Å². The molecule has 1 aliphatic carbocycles. The molecule has 3 heterocycles. The first-order valence-electron chi connectivity index (χ1n) is 8.21. The summed E-state index contributed by atoms with van der Waals surface area (Å²) in [6, 6.07) is 4.00. The van der Waals surface area contributed by atoms with Crippen LogP contribution in [0.5, 0.6) is 0 Å². The third-order valence-corrected chi connectivity index (χ3v) is 5.11. The largest absolute Gasteiger partial charge is 0.303 e. The quantitative estimate of drug-likeness (QED) is 0.869. The standard InChI is InChI=1S/C16H23N5/c1-12-5-6-15-17-18-16(21(15)19-12)14-7-9-20(10-8-14)11-13-3-2-4-13/h5-6,13-14H,2-4,7-11H2,1H3. The van der Waals surface area contributed by atoms with Gasteiger partial charge in [-0.05, 0) is 63.7 Å². The molecule has 0 unspecified atom stereocenters. The Morgan fingerprint density at radius 1 is 1.10 bits per heavy atom. The van der Waals surface area contributed by atoms with Crippen molar-refractivity contribution in [2.24, 2.45) is 5.92 Å². The zero-order valence-corrected chi connectivity index (χ0v) is 12.7. The lowest BCUT2D eigenvalue weighted by Gasteiger charge is -2.36. The fraction of sp³-hybridized carbons (Fsp3) is 0.688. The minimum absolute atomic E-state index is 0.506. The fourth-order valence-electron chi connectivity index (χ4n) is 3.57. The van der Waals surface area contributed by atoms with Crippen molar-refractivity contribution >= 4 is 5.65 Å². The topological polar surface area (TPSA) is 46.3 Å². The molecule has 0 N–H and O–H groups in total. The van der Waals surface area contributed by atoms with E-state index in [4.69, 9.17) is 0 Å². The van der Waals surface area contributed by atoms with Crippen molar-refractivity contribution < 1.29 is 0 Å². The molecule has 2 fully saturated rings. The van der Waals surface area contributed by atoms with E-state index in [2.05, 4.69) is 20.2 Å². The first kappa shape index (κ1) is 13.2. The molecule has 5 nitrogen and oxygen atoms in total. The lowest BCUT2D eigenvalue weighted by atomic mass is 9.84. The molecule has 1 saturated heterocycles. The maximum absolute atomic E-state index is 4.58. The van der Waals surface area contributed by atoms with Gasteiger partial charge in [-0.2, -0.15) is 9.61 Å². The maximum atomic E-state index is 4.58. The van der Waals surface area contributed by atoms with Crippen LogP contribution in [0, 0.1) is 12.8 Å². The van der Waals surface area contributed by atoms with E-state index < -0.39 is 0 Å². The average Bonchev–Trinajstić information content (AvgIpc) is 2.86. The van der Waals surface area contributed by atoms with Crippen LogP contribution in [-0.2, 0) is 0 Å². The molecular formula is C16H23N5. The Balaban J connectivity index is 1.45. The van der Waals surface area contributed by atoms with Gasteiger partial charge in [0.25, 0.3) is 0 Å². The molecule has 21 heavy (non-hydrogen) atoms. The molecule has 5 heteroatoms. The number of hydrogen-bond donors (Lipinski definition) is 0. The Bertz CT molecular complexity index is 623. The number of aryl methyl sites for hydroxylation is 1. The van der Waals surface area contributed by atoms with Gasteiger partial charge < -0.3 is 4.90 Å². The highest BCUT2D eigenvalue weighted by molar-refractivity contribution is 5.36. The van der Waals surface area contributed by atoms with Gasteiger partial charge in [-0.25, -0.2) is 0 Å². The Hall–Kier alpha value is -1.49. The van der Waals surface area contributed by atoms with Crippen molar-refractivity contribution in [1.82, 2.24) is 24.7 Å². The lowest BCUT2D eigenvalue weighted by molar-refractivity contribution is 0.145. The summed E-state index contributed by atoms with van der Waals surface area (Å²) >= 11 is 0. The van der Waals surface area contributed by atoms with E-state index in [1.807, 2.05) is 23.6 Å². The molecule has 4 rings (SSSR count). The average molecular weight is 285 g/mol. The van der Waals surface area contributed by atoms with Crippen molar-refractivity contribution in [2.75, 3.05) is 19.6 Å². The molecule has 2 aromatic rings. The highest BCUT2D eigenvalue weighted by Gasteiger charge is 2.27.